The molecule has 168 valence electrons. The van der Waals surface area contributed by atoms with Crippen LogP contribution in [0.5, 0.6) is 0 Å². The summed E-state index contributed by atoms with van der Waals surface area (Å²) in [7, 11) is 0. The van der Waals surface area contributed by atoms with Gasteiger partial charge in [-0.1, -0.05) is 71.1 Å². The van der Waals surface area contributed by atoms with Gasteiger partial charge in [-0.05, 0) is 84.7 Å². The first-order valence-corrected chi connectivity index (χ1v) is 12.3. The summed E-state index contributed by atoms with van der Waals surface area (Å²) in [6.45, 7) is 16.0. The lowest BCUT2D eigenvalue weighted by atomic mass is 9.61. The summed E-state index contributed by atoms with van der Waals surface area (Å²) in [5, 5.41) is 20.2. The van der Waals surface area contributed by atoms with Crippen molar-refractivity contribution < 1.29 is 10.2 Å². The Morgan fingerprint density at radius 3 is 2.50 bits per heavy atom. The summed E-state index contributed by atoms with van der Waals surface area (Å²) in [5.74, 6) is 3.38. The third-order valence-electron chi connectivity index (χ3n) is 8.71. The summed E-state index contributed by atoms with van der Waals surface area (Å²) < 4.78 is 0. The highest BCUT2D eigenvalue weighted by Gasteiger charge is 2.50. The van der Waals surface area contributed by atoms with Gasteiger partial charge >= 0.3 is 0 Å². The van der Waals surface area contributed by atoms with Crippen LogP contribution in [-0.2, 0) is 0 Å². The average Bonchev–Trinajstić information content (AvgIpc) is 3.04. The SMILES string of the molecule is C=C1C(=C/C=C2\CCC[C@]3(C)[C@@H]([C@@H](C)/C=C/[C@@H](C)C(C)C)CC[C@@H]23)C[C@@H](O)C[C@@H]1O. The van der Waals surface area contributed by atoms with Gasteiger partial charge in [-0.15, -0.1) is 0 Å². The Morgan fingerprint density at radius 1 is 1.07 bits per heavy atom. The molecule has 3 saturated carbocycles. The molecule has 0 aliphatic heterocycles. The van der Waals surface area contributed by atoms with Crippen LogP contribution in [0, 0.1) is 35.0 Å². The lowest BCUT2D eigenvalue weighted by Gasteiger charge is -2.44. The molecular formula is C28H44O2. The van der Waals surface area contributed by atoms with Gasteiger partial charge in [0.2, 0.25) is 0 Å². The second-order valence-corrected chi connectivity index (χ2v) is 11.0. The lowest BCUT2D eigenvalue weighted by Crippen LogP contribution is -2.35. The Morgan fingerprint density at radius 2 is 1.80 bits per heavy atom. The molecule has 2 heteroatoms. The van der Waals surface area contributed by atoms with E-state index in [4.69, 9.17) is 0 Å². The lowest BCUT2D eigenvalue weighted by molar-refractivity contribution is 0.0862. The van der Waals surface area contributed by atoms with Crippen molar-refractivity contribution in [3.63, 3.8) is 0 Å². The highest BCUT2D eigenvalue weighted by Crippen LogP contribution is 2.59. The van der Waals surface area contributed by atoms with Crippen molar-refractivity contribution in [3.8, 4) is 0 Å². The van der Waals surface area contributed by atoms with Crippen molar-refractivity contribution in [2.24, 2.45) is 35.0 Å². The molecule has 2 nitrogen and oxygen atoms in total. The topological polar surface area (TPSA) is 40.5 Å². The van der Waals surface area contributed by atoms with E-state index in [1.54, 1.807) is 5.57 Å². The zero-order valence-electron chi connectivity index (χ0n) is 19.9. The van der Waals surface area contributed by atoms with E-state index < -0.39 is 12.2 Å². The van der Waals surface area contributed by atoms with Crippen LogP contribution in [0.2, 0.25) is 0 Å². The zero-order valence-corrected chi connectivity index (χ0v) is 19.9. The van der Waals surface area contributed by atoms with E-state index in [9.17, 15) is 10.2 Å². The Balaban J connectivity index is 1.76. The average molecular weight is 413 g/mol. The number of aliphatic hydroxyl groups is 2. The maximum absolute atomic E-state index is 10.1. The minimum atomic E-state index is -0.605. The molecule has 3 aliphatic carbocycles. The standard InChI is InChI=1S/C28H44O2/c1-18(2)19(3)9-10-20(4)25-13-14-26-22(8-7-15-28(25,26)6)11-12-23-16-24(29)17-27(30)21(23)5/h9-12,18-20,24-27,29-30H,5,7-8,13-17H2,1-4,6H3/b10-9+,22-11+,23-12?/t19-,20+,24-,25-,26+,27+,28-/m1/s1. The predicted molar refractivity (Wildman–Crippen MR) is 127 cm³/mol. The predicted octanol–water partition coefficient (Wildman–Crippen LogP) is 6.61. The molecule has 0 aromatic carbocycles. The van der Waals surface area contributed by atoms with Gasteiger partial charge in [0, 0.05) is 6.42 Å². The van der Waals surface area contributed by atoms with E-state index in [0.717, 1.165) is 17.1 Å². The van der Waals surface area contributed by atoms with Crippen molar-refractivity contribution in [1.82, 2.24) is 0 Å². The first kappa shape index (κ1) is 23.5. The van der Waals surface area contributed by atoms with Crippen molar-refractivity contribution in [2.75, 3.05) is 0 Å². The van der Waals surface area contributed by atoms with E-state index in [0.29, 0.717) is 41.9 Å². The monoisotopic (exact) mass is 412 g/mol. The normalized spacial score (nSPS) is 39.8. The van der Waals surface area contributed by atoms with E-state index in [1.807, 2.05) is 0 Å². The Labute approximate surface area is 184 Å². The van der Waals surface area contributed by atoms with Gasteiger partial charge in [-0.2, -0.15) is 0 Å². The molecule has 0 saturated heterocycles. The second-order valence-electron chi connectivity index (χ2n) is 11.0. The maximum Gasteiger partial charge on any atom is 0.0811 e. The van der Waals surface area contributed by atoms with Gasteiger partial charge in [-0.3, -0.25) is 0 Å². The maximum atomic E-state index is 10.1. The van der Waals surface area contributed by atoms with Crippen LogP contribution in [-0.4, -0.2) is 22.4 Å². The van der Waals surface area contributed by atoms with Gasteiger partial charge < -0.3 is 10.2 Å². The molecule has 0 spiro atoms. The van der Waals surface area contributed by atoms with Crippen molar-refractivity contribution >= 4 is 0 Å². The minimum absolute atomic E-state index is 0.385. The summed E-state index contributed by atoms with van der Waals surface area (Å²) in [6.07, 6.45) is 15.8. The number of hydrogen-bond donors (Lipinski definition) is 2. The Bertz CT molecular complexity index is 712. The molecule has 3 rings (SSSR count). The van der Waals surface area contributed by atoms with Crippen LogP contribution >= 0.6 is 0 Å². The van der Waals surface area contributed by atoms with Crippen molar-refractivity contribution in [2.45, 2.75) is 91.8 Å². The highest BCUT2D eigenvalue weighted by molar-refractivity contribution is 5.38. The van der Waals surface area contributed by atoms with Crippen molar-refractivity contribution in [1.29, 1.82) is 0 Å². The number of rotatable bonds is 5. The Kier molecular flexibility index (Phi) is 7.51. The molecule has 0 aromatic rings. The fraction of sp³-hybridized carbons (Fsp3) is 0.714. The Hall–Kier alpha value is -1.12. The van der Waals surface area contributed by atoms with E-state index >= 15 is 0 Å². The van der Waals surface area contributed by atoms with E-state index in [-0.39, 0.29) is 0 Å². The molecule has 0 radical (unpaired) electrons. The van der Waals surface area contributed by atoms with Crippen LogP contribution in [0.4, 0.5) is 0 Å². The van der Waals surface area contributed by atoms with Crippen LogP contribution in [0.3, 0.4) is 0 Å². The summed E-state index contributed by atoms with van der Waals surface area (Å²) in [6, 6.07) is 0. The van der Waals surface area contributed by atoms with Crippen LogP contribution in [0.25, 0.3) is 0 Å². The molecule has 7 atom stereocenters. The number of aliphatic hydroxyl groups excluding tert-OH is 2. The summed E-state index contributed by atoms with van der Waals surface area (Å²) >= 11 is 0. The fourth-order valence-corrected chi connectivity index (χ4v) is 6.32. The molecule has 30 heavy (non-hydrogen) atoms. The highest BCUT2D eigenvalue weighted by atomic mass is 16.3. The molecule has 0 amide bonds. The molecule has 0 unspecified atom stereocenters. The molecule has 3 fully saturated rings. The van der Waals surface area contributed by atoms with E-state index in [2.05, 4.69) is 65.5 Å². The van der Waals surface area contributed by atoms with Crippen LogP contribution in [0.15, 0.2) is 47.6 Å². The molecular weight excluding hydrogens is 368 g/mol. The van der Waals surface area contributed by atoms with Gasteiger partial charge in [0.05, 0.1) is 12.2 Å². The van der Waals surface area contributed by atoms with Gasteiger partial charge in [-0.25, -0.2) is 0 Å². The summed E-state index contributed by atoms with van der Waals surface area (Å²) in [4.78, 5) is 0. The fourth-order valence-electron chi connectivity index (χ4n) is 6.32. The first-order chi connectivity index (χ1) is 14.1. The molecule has 0 heterocycles. The van der Waals surface area contributed by atoms with Gasteiger partial charge in [0.1, 0.15) is 0 Å². The van der Waals surface area contributed by atoms with Crippen molar-refractivity contribution in [3.05, 3.63) is 47.6 Å². The largest absolute Gasteiger partial charge is 0.393 e. The zero-order chi connectivity index (χ0) is 22.1. The van der Waals surface area contributed by atoms with E-state index in [1.165, 1.54) is 32.1 Å². The second kappa shape index (κ2) is 9.57. The van der Waals surface area contributed by atoms with Crippen LogP contribution in [0.1, 0.15) is 79.6 Å². The molecule has 0 bridgehead atoms. The number of fused-ring (bicyclic) bond motifs is 1. The van der Waals surface area contributed by atoms with Crippen LogP contribution < -0.4 is 0 Å². The smallest absolute Gasteiger partial charge is 0.0811 e. The molecule has 3 aliphatic rings. The third kappa shape index (κ3) is 4.86. The quantitative estimate of drug-likeness (QED) is 0.499. The van der Waals surface area contributed by atoms with Gasteiger partial charge in [0.25, 0.3) is 0 Å². The first-order valence-electron chi connectivity index (χ1n) is 12.3. The third-order valence-corrected chi connectivity index (χ3v) is 8.71. The number of hydrogen-bond acceptors (Lipinski definition) is 2. The summed E-state index contributed by atoms with van der Waals surface area (Å²) in [5.41, 5.74) is 3.77. The van der Waals surface area contributed by atoms with Gasteiger partial charge in [0.15, 0.2) is 0 Å². The number of allylic oxidation sites excluding steroid dienone is 5. The molecule has 0 aromatic heterocycles. The molecule has 2 N–H and O–H groups in total. The minimum Gasteiger partial charge on any atom is -0.393 e.